The standard InChI is InChI=1S/C23H24N6O2/c30-22(21-14-18(9-11-25-21)19-4-3-10-24-15-19)27-28-23(31)26-20-7-5-17(6-8-20)16-29-12-1-2-13-29/h3-11,14-15H,1-2,12-13,16H2,(H,27,30)(H2,26,28,31). The maximum Gasteiger partial charge on any atom is 0.337 e. The largest absolute Gasteiger partial charge is 0.337 e. The van der Waals surface area contributed by atoms with Gasteiger partial charge in [0, 0.05) is 36.4 Å². The average molecular weight is 416 g/mol. The van der Waals surface area contributed by atoms with Gasteiger partial charge in [-0.25, -0.2) is 10.2 Å². The molecule has 0 spiro atoms. The molecule has 158 valence electrons. The van der Waals surface area contributed by atoms with Gasteiger partial charge < -0.3 is 5.32 Å². The molecule has 0 saturated carbocycles. The number of pyridine rings is 2. The van der Waals surface area contributed by atoms with Gasteiger partial charge >= 0.3 is 6.03 Å². The first-order valence-corrected chi connectivity index (χ1v) is 10.2. The van der Waals surface area contributed by atoms with Gasteiger partial charge in [0.1, 0.15) is 5.69 Å². The molecule has 1 saturated heterocycles. The molecule has 3 heterocycles. The molecule has 4 rings (SSSR count). The molecule has 31 heavy (non-hydrogen) atoms. The summed E-state index contributed by atoms with van der Waals surface area (Å²) < 4.78 is 0. The van der Waals surface area contributed by atoms with Crippen LogP contribution in [0.2, 0.25) is 0 Å². The van der Waals surface area contributed by atoms with Crippen LogP contribution < -0.4 is 16.2 Å². The van der Waals surface area contributed by atoms with Crippen molar-refractivity contribution in [2.75, 3.05) is 18.4 Å². The monoisotopic (exact) mass is 416 g/mol. The van der Waals surface area contributed by atoms with Crippen molar-refractivity contribution in [1.29, 1.82) is 0 Å². The molecule has 8 heteroatoms. The first-order chi connectivity index (χ1) is 15.2. The molecule has 1 aliphatic heterocycles. The lowest BCUT2D eigenvalue weighted by Crippen LogP contribution is -2.44. The van der Waals surface area contributed by atoms with Crippen LogP contribution in [0, 0.1) is 0 Å². The number of nitrogens with one attached hydrogen (secondary N) is 3. The molecular weight excluding hydrogens is 392 g/mol. The SMILES string of the molecule is O=C(NNC(=O)c1cc(-c2cccnc2)ccn1)Nc1ccc(CN2CCCC2)cc1. The number of urea groups is 1. The second-order valence-corrected chi connectivity index (χ2v) is 7.38. The number of rotatable bonds is 5. The number of carbonyl (C=O) groups is 2. The van der Waals surface area contributed by atoms with E-state index in [0.29, 0.717) is 5.69 Å². The van der Waals surface area contributed by atoms with Gasteiger partial charge in [-0.15, -0.1) is 0 Å². The van der Waals surface area contributed by atoms with Crippen LogP contribution in [0.15, 0.2) is 67.1 Å². The van der Waals surface area contributed by atoms with E-state index in [4.69, 9.17) is 0 Å². The number of hydrazine groups is 1. The molecule has 8 nitrogen and oxygen atoms in total. The first kappa shape index (κ1) is 20.5. The van der Waals surface area contributed by atoms with Crippen molar-refractivity contribution in [2.24, 2.45) is 0 Å². The van der Waals surface area contributed by atoms with Crippen LogP contribution in [0.25, 0.3) is 11.1 Å². The maximum absolute atomic E-state index is 12.4. The normalized spacial score (nSPS) is 13.5. The first-order valence-electron chi connectivity index (χ1n) is 10.2. The van der Waals surface area contributed by atoms with E-state index < -0.39 is 11.9 Å². The van der Waals surface area contributed by atoms with Crippen molar-refractivity contribution in [3.8, 4) is 11.1 Å². The van der Waals surface area contributed by atoms with Gasteiger partial charge in [0.25, 0.3) is 5.91 Å². The van der Waals surface area contributed by atoms with Crippen LogP contribution in [-0.4, -0.2) is 39.9 Å². The molecule has 1 aliphatic rings. The quantitative estimate of drug-likeness (QED) is 0.555. The predicted octanol–water partition coefficient (Wildman–Crippen LogP) is 3.21. The molecule has 3 amide bonds. The summed E-state index contributed by atoms with van der Waals surface area (Å²) in [5.74, 6) is -0.512. The van der Waals surface area contributed by atoms with Crippen molar-refractivity contribution < 1.29 is 9.59 Å². The molecule has 0 unspecified atom stereocenters. The molecule has 0 bridgehead atoms. The zero-order chi connectivity index (χ0) is 21.5. The minimum Gasteiger partial charge on any atom is -0.307 e. The Balaban J connectivity index is 1.28. The van der Waals surface area contributed by atoms with Crippen LogP contribution in [0.5, 0.6) is 0 Å². The molecule has 1 fully saturated rings. The highest BCUT2D eigenvalue weighted by Crippen LogP contribution is 2.18. The summed E-state index contributed by atoms with van der Waals surface area (Å²) in [4.78, 5) is 35.1. The summed E-state index contributed by atoms with van der Waals surface area (Å²) in [7, 11) is 0. The Labute approximate surface area is 180 Å². The van der Waals surface area contributed by atoms with E-state index in [1.165, 1.54) is 18.4 Å². The van der Waals surface area contributed by atoms with Gasteiger partial charge in [0.05, 0.1) is 0 Å². The van der Waals surface area contributed by atoms with Crippen LogP contribution in [-0.2, 0) is 6.54 Å². The Morgan fingerprint density at radius 2 is 1.74 bits per heavy atom. The Hall–Kier alpha value is -3.78. The number of hydrogen-bond acceptors (Lipinski definition) is 5. The number of nitrogens with zero attached hydrogens (tertiary/aromatic N) is 3. The van der Waals surface area contributed by atoms with E-state index in [-0.39, 0.29) is 5.69 Å². The Kier molecular flexibility index (Phi) is 6.49. The topological polar surface area (TPSA) is 99.2 Å². The van der Waals surface area contributed by atoms with Crippen molar-refractivity contribution in [3.05, 3.63) is 78.4 Å². The fourth-order valence-corrected chi connectivity index (χ4v) is 3.50. The third-order valence-electron chi connectivity index (χ3n) is 5.09. The zero-order valence-electron chi connectivity index (χ0n) is 17.0. The van der Waals surface area contributed by atoms with E-state index in [1.54, 1.807) is 30.7 Å². The van der Waals surface area contributed by atoms with E-state index >= 15 is 0 Å². The van der Waals surface area contributed by atoms with Crippen molar-refractivity contribution in [1.82, 2.24) is 25.7 Å². The lowest BCUT2D eigenvalue weighted by molar-refractivity contribution is 0.0933. The van der Waals surface area contributed by atoms with Gasteiger partial charge in [-0.2, -0.15) is 0 Å². The molecular formula is C23H24N6O2. The van der Waals surface area contributed by atoms with Crippen LogP contribution in [0.4, 0.5) is 10.5 Å². The summed E-state index contributed by atoms with van der Waals surface area (Å²) in [6, 6.07) is 14.3. The van der Waals surface area contributed by atoms with Gasteiger partial charge in [0.2, 0.25) is 0 Å². The van der Waals surface area contributed by atoms with Gasteiger partial charge in [0.15, 0.2) is 0 Å². The molecule has 1 aromatic carbocycles. The van der Waals surface area contributed by atoms with E-state index in [0.717, 1.165) is 30.8 Å². The Bertz CT molecular complexity index is 1030. The predicted molar refractivity (Wildman–Crippen MR) is 118 cm³/mol. The average Bonchev–Trinajstić information content (AvgIpc) is 3.32. The zero-order valence-corrected chi connectivity index (χ0v) is 17.0. The second-order valence-electron chi connectivity index (χ2n) is 7.38. The smallest absolute Gasteiger partial charge is 0.307 e. The van der Waals surface area contributed by atoms with E-state index in [9.17, 15) is 9.59 Å². The highest BCUT2D eigenvalue weighted by atomic mass is 16.2. The Morgan fingerprint density at radius 1 is 0.935 bits per heavy atom. The van der Waals surface area contributed by atoms with E-state index in [2.05, 4.69) is 31.0 Å². The number of aromatic nitrogens is 2. The minimum atomic E-state index is -0.538. The number of benzene rings is 1. The third-order valence-corrected chi connectivity index (χ3v) is 5.09. The van der Waals surface area contributed by atoms with Crippen LogP contribution in [0.3, 0.4) is 0 Å². The molecule has 3 aromatic rings. The molecule has 0 radical (unpaired) electrons. The van der Waals surface area contributed by atoms with Crippen molar-refractivity contribution >= 4 is 17.6 Å². The van der Waals surface area contributed by atoms with Crippen molar-refractivity contribution in [3.63, 3.8) is 0 Å². The van der Waals surface area contributed by atoms with Gasteiger partial charge in [-0.3, -0.25) is 25.1 Å². The van der Waals surface area contributed by atoms with E-state index in [1.807, 2.05) is 36.4 Å². The molecule has 0 atom stereocenters. The molecule has 3 N–H and O–H groups in total. The minimum absolute atomic E-state index is 0.188. The molecule has 0 aliphatic carbocycles. The fraction of sp³-hybridized carbons (Fsp3) is 0.217. The number of anilines is 1. The summed E-state index contributed by atoms with van der Waals surface area (Å²) in [5.41, 5.74) is 8.45. The Morgan fingerprint density at radius 3 is 2.48 bits per heavy atom. The summed E-state index contributed by atoms with van der Waals surface area (Å²) in [6.45, 7) is 3.21. The summed E-state index contributed by atoms with van der Waals surface area (Å²) >= 11 is 0. The maximum atomic E-state index is 12.4. The number of carbonyl (C=O) groups excluding carboxylic acids is 2. The summed E-state index contributed by atoms with van der Waals surface area (Å²) in [6.07, 6.45) is 7.45. The third kappa shape index (κ3) is 5.64. The van der Waals surface area contributed by atoms with Crippen LogP contribution in [0.1, 0.15) is 28.9 Å². The number of likely N-dealkylation sites (tertiary alicyclic amines) is 1. The van der Waals surface area contributed by atoms with Gasteiger partial charge in [-0.1, -0.05) is 18.2 Å². The van der Waals surface area contributed by atoms with Crippen LogP contribution >= 0.6 is 0 Å². The highest BCUT2D eigenvalue weighted by molar-refractivity contribution is 5.96. The fourth-order valence-electron chi connectivity index (χ4n) is 3.50. The number of hydrogen-bond donors (Lipinski definition) is 3. The number of amides is 3. The van der Waals surface area contributed by atoms with Gasteiger partial charge in [-0.05, 0) is 67.4 Å². The highest BCUT2D eigenvalue weighted by Gasteiger charge is 2.12. The summed E-state index contributed by atoms with van der Waals surface area (Å²) in [5, 5.41) is 2.70. The molecule has 2 aromatic heterocycles. The second kappa shape index (κ2) is 9.82. The lowest BCUT2D eigenvalue weighted by atomic mass is 10.1. The lowest BCUT2D eigenvalue weighted by Gasteiger charge is -2.15. The van der Waals surface area contributed by atoms with Crippen molar-refractivity contribution in [2.45, 2.75) is 19.4 Å².